The first kappa shape index (κ1) is 16.9. The van der Waals surface area contributed by atoms with Crippen LogP contribution in [-0.2, 0) is 16.6 Å². The van der Waals surface area contributed by atoms with E-state index in [4.69, 9.17) is 5.73 Å². The average Bonchev–Trinajstić information content (AvgIpc) is 2.88. The van der Waals surface area contributed by atoms with Crippen molar-refractivity contribution in [2.75, 3.05) is 7.05 Å². The second-order valence-electron chi connectivity index (χ2n) is 5.98. The summed E-state index contributed by atoms with van der Waals surface area (Å²) < 4.78 is 27.4. The molecule has 1 aliphatic carbocycles. The molecule has 0 aliphatic heterocycles. The Morgan fingerprint density at radius 1 is 1.33 bits per heavy atom. The van der Waals surface area contributed by atoms with Gasteiger partial charge in [0.1, 0.15) is 4.90 Å². The maximum Gasteiger partial charge on any atom is 0.244 e. The number of sulfonamides is 1. The quantitative estimate of drug-likeness (QED) is 0.902. The van der Waals surface area contributed by atoms with E-state index < -0.39 is 10.0 Å². The largest absolute Gasteiger partial charge is 0.326 e. The number of nitrogens with zero attached hydrogens (tertiary/aromatic N) is 1. The fourth-order valence-electron chi connectivity index (χ4n) is 3.23. The van der Waals surface area contributed by atoms with Gasteiger partial charge in [0.25, 0.3) is 0 Å². The summed E-state index contributed by atoms with van der Waals surface area (Å²) in [5, 5.41) is 1.89. The molecule has 1 fully saturated rings. The van der Waals surface area contributed by atoms with E-state index in [-0.39, 0.29) is 12.6 Å². The van der Waals surface area contributed by atoms with Crippen LogP contribution in [0, 0.1) is 12.8 Å². The van der Waals surface area contributed by atoms with Crippen LogP contribution in [0.4, 0.5) is 0 Å². The van der Waals surface area contributed by atoms with E-state index in [1.807, 2.05) is 12.3 Å². The van der Waals surface area contributed by atoms with Crippen molar-refractivity contribution in [3.63, 3.8) is 0 Å². The maximum absolute atomic E-state index is 12.9. The predicted molar refractivity (Wildman–Crippen MR) is 87.9 cm³/mol. The standard InChI is InChI=1S/C15H26N2O2S2/c1-4-12-5-7-13(8-6-12)17(3)21(18,19)15-11(2)10-20-14(15)9-16/h10,12-13H,4-9,16H2,1-3H3. The molecule has 0 aromatic carbocycles. The molecular formula is C15H26N2O2S2. The fourth-order valence-corrected chi connectivity index (χ4v) is 6.30. The Bertz CT molecular complexity index is 572. The van der Waals surface area contributed by atoms with Gasteiger partial charge < -0.3 is 5.73 Å². The van der Waals surface area contributed by atoms with Gasteiger partial charge in [-0.3, -0.25) is 0 Å². The topological polar surface area (TPSA) is 63.4 Å². The lowest BCUT2D eigenvalue weighted by atomic mass is 9.85. The Morgan fingerprint density at radius 3 is 2.48 bits per heavy atom. The predicted octanol–water partition coefficient (Wildman–Crippen LogP) is 3.10. The van der Waals surface area contributed by atoms with Crippen molar-refractivity contribution in [2.45, 2.75) is 63.4 Å². The molecule has 4 nitrogen and oxygen atoms in total. The molecule has 0 unspecified atom stereocenters. The third-order valence-electron chi connectivity index (χ3n) is 4.72. The highest BCUT2D eigenvalue weighted by atomic mass is 32.2. The minimum Gasteiger partial charge on any atom is -0.326 e. The van der Waals surface area contributed by atoms with Crippen molar-refractivity contribution in [2.24, 2.45) is 11.7 Å². The highest BCUT2D eigenvalue weighted by molar-refractivity contribution is 7.89. The van der Waals surface area contributed by atoms with Crippen molar-refractivity contribution in [3.8, 4) is 0 Å². The van der Waals surface area contributed by atoms with Crippen molar-refractivity contribution in [1.29, 1.82) is 0 Å². The van der Waals surface area contributed by atoms with E-state index in [0.29, 0.717) is 4.90 Å². The third kappa shape index (κ3) is 3.33. The SMILES string of the molecule is CCC1CCC(N(C)S(=O)(=O)c2c(C)csc2CN)CC1. The second-order valence-corrected chi connectivity index (χ2v) is 8.88. The summed E-state index contributed by atoms with van der Waals surface area (Å²) in [6, 6.07) is 0.128. The molecule has 1 aliphatic rings. The molecule has 0 atom stereocenters. The summed E-state index contributed by atoms with van der Waals surface area (Å²) in [5.74, 6) is 0.764. The minimum absolute atomic E-state index is 0.128. The lowest BCUT2D eigenvalue weighted by Gasteiger charge is -2.33. The van der Waals surface area contributed by atoms with Crippen LogP contribution in [0.5, 0.6) is 0 Å². The molecule has 6 heteroatoms. The van der Waals surface area contributed by atoms with E-state index >= 15 is 0 Å². The summed E-state index contributed by atoms with van der Waals surface area (Å²) in [5.41, 5.74) is 6.52. The van der Waals surface area contributed by atoms with Crippen molar-refractivity contribution < 1.29 is 8.42 Å². The summed E-state index contributed by atoms with van der Waals surface area (Å²) in [7, 11) is -1.70. The van der Waals surface area contributed by atoms with Gasteiger partial charge in [0.2, 0.25) is 10.0 Å². The number of hydrogen-bond donors (Lipinski definition) is 1. The molecule has 0 amide bonds. The number of nitrogens with two attached hydrogens (primary N) is 1. The number of aryl methyl sites for hydroxylation is 1. The highest BCUT2D eigenvalue weighted by Gasteiger charge is 2.33. The zero-order chi connectivity index (χ0) is 15.6. The van der Waals surface area contributed by atoms with Gasteiger partial charge in [-0.05, 0) is 49.5 Å². The normalized spacial score (nSPS) is 23.7. The summed E-state index contributed by atoms with van der Waals surface area (Å²) >= 11 is 1.44. The van der Waals surface area contributed by atoms with Crippen LogP contribution in [-0.4, -0.2) is 25.8 Å². The molecule has 1 saturated carbocycles. The highest BCUT2D eigenvalue weighted by Crippen LogP contribution is 2.34. The average molecular weight is 331 g/mol. The Kier molecular flexibility index (Phi) is 5.46. The fraction of sp³-hybridized carbons (Fsp3) is 0.733. The van der Waals surface area contributed by atoms with Gasteiger partial charge in [-0.15, -0.1) is 11.3 Å². The second kappa shape index (κ2) is 6.77. The molecule has 0 saturated heterocycles. The van der Waals surface area contributed by atoms with Gasteiger partial charge in [0.15, 0.2) is 0 Å². The van der Waals surface area contributed by atoms with Gasteiger partial charge in [0, 0.05) is 24.5 Å². The Hall–Kier alpha value is -0.430. The number of thiophene rings is 1. The van der Waals surface area contributed by atoms with Crippen molar-refractivity contribution in [1.82, 2.24) is 4.31 Å². The monoisotopic (exact) mass is 330 g/mol. The molecule has 1 aromatic rings. The van der Waals surface area contributed by atoms with Gasteiger partial charge in [-0.2, -0.15) is 4.31 Å². The van der Waals surface area contributed by atoms with Crippen LogP contribution in [0.1, 0.15) is 49.5 Å². The van der Waals surface area contributed by atoms with Crippen LogP contribution in [0.25, 0.3) is 0 Å². The smallest absolute Gasteiger partial charge is 0.244 e. The van der Waals surface area contributed by atoms with E-state index in [9.17, 15) is 8.42 Å². The molecule has 21 heavy (non-hydrogen) atoms. The number of rotatable bonds is 5. The van der Waals surface area contributed by atoms with Crippen LogP contribution < -0.4 is 5.73 Å². The van der Waals surface area contributed by atoms with Gasteiger partial charge in [-0.1, -0.05) is 13.3 Å². The molecular weight excluding hydrogens is 304 g/mol. The van der Waals surface area contributed by atoms with E-state index in [1.165, 1.54) is 17.8 Å². The summed E-state index contributed by atoms with van der Waals surface area (Å²) in [6.07, 6.45) is 5.40. The van der Waals surface area contributed by atoms with E-state index in [2.05, 4.69) is 6.92 Å². The molecule has 1 heterocycles. The third-order valence-corrected chi connectivity index (χ3v) is 8.12. The maximum atomic E-state index is 12.9. The molecule has 120 valence electrons. The molecule has 2 rings (SSSR count). The molecule has 1 aromatic heterocycles. The summed E-state index contributed by atoms with van der Waals surface area (Å²) in [4.78, 5) is 1.21. The van der Waals surface area contributed by atoms with Gasteiger partial charge in [-0.25, -0.2) is 8.42 Å². The first-order valence-electron chi connectivity index (χ1n) is 7.66. The van der Waals surface area contributed by atoms with Crippen LogP contribution in [0.2, 0.25) is 0 Å². The first-order valence-corrected chi connectivity index (χ1v) is 9.98. The summed E-state index contributed by atoms with van der Waals surface area (Å²) in [6.45, 7) is 4.35. The lowest BCUT2D eigenvalue weighted by molar-refractivity contribution is 0.233. The Morgan fingerprint density at radius 2 is 1.95 bits per heavy atom. The van der Waals surface area contributed by atoms with Crippen molar-refractivity contribution in [3.05, 3.63) is 15.8 Å². The Balaban J connectivity index is 2.21. The molecule has 0 spiro atoms. The Labute approximate surface area is 132 Å². The van der Waals surface area contributed by atoms with Crippen molar-refractivity contribution >= 4 is 21.4 Å². The molecule has 2 N–H and O–H groups in total. The first-order chi connectivity index (χ1) is 9.91. The minimum atomic E-state index is -3.43. The van der Waals surface area contributed by atoms with E-state index in [1.54, 1.807) is 11.4 Å². The zero-order valence-corrected chi connectivity index (χ0v) is 14.8. The van der Waals surface area contributed by atoms with Gasteiger partial charge >= 0.3 is 0 Å². The number of hydrogen-bond acceptors (Lipinski definition) is 4. The zero-order valence-electron chi connectivity index (χ0n) is 13.1. The van der Waals surface area contributed by atoms with E-state index in [0.717, 1.165) is 42.0 Å². The molecule has 0 bridgehead atoms. The van der Waals surface area contributed by atoms with Gasteiger partial charge in [0.05, 0.1) is 0 Å². The molecule has 0 radical (unpaired) electrons. The lowest BCUT2D eigenvalue weighted by Crippen LogP contribution is -2.39. The van der Waals surface area contributed by atoms with Crippen LogP contribution in [0.15, 0.2) is 10.3 Å². The van der Waals surface area contributed by atoms with Crippen LogP contribution >= 0.6 is 11.3 Å². The van der Waals surface area contributed by atoms with Crippen LogP contribution in [0.3, 0.4) is 0 Å².